The molecule has 1 fully saturated rings. The quantitative estimate of drug-likeness (QED) is 0.665. The van der Waals surface area contributed by atoms with Gasteiger partial charge < -0.3 is 10.2 Å². The summed E-state index contributed by atoms with van der Waals surface area (Å²) in [4.78, 5) is 20.9. The molecule has 0 unspecified atom stereocenters. The monoisotopic (exact) mass is 377 g/mol. The number of piperidine rings is 1. The molecule has 1 aromatic heterocycles. The van der Waals surface area contributed by atoms with Crippen LogP contribution in [0, 0.1) is 6.92 Å². The minimum atomic E-state index is -0.0986. The standard InChI is InChI=1S/C22H23N3OS/c1-16-10-12-18(13-11-16)23-21(26)20-19(17-8-4-2-5-9-17)24-22(27-20)25-14-6-3-7-15-25/h2,4-5,8-13H,3,6-7,14-15H2,1H3,(H,23,26). The lowest BCUT2D eigenvalue weighted by Crippen LogP contribution is -2.29. The van der Waals surface area contributed by atoms with Gasteiger partial charge in [-0.25, -0.2) is 4.98 Å². The lowest BCUT2D eigenvalue weighted by Gasteiger charge is -2.25. The Morgan fingerprint density at radius 2 is 1.70 bits per heavy atom. The van der Waals surface area contributed by atoms with E-state index in [1.54, 1.807) is 0 Å². The maximum atomic E-state index is 13.0. The van der Waals surface area contributed by atoms with Crippen LogP contribution in [0.2, 0.25) is 0 Å². The molecule has 1 N–H and O–H groups in total. The Morgan fingerprint density at radius 3 is 2.41 bits per heavy atom. The number of aryl methyl sites for hydroxylation is 1. The number of hydrogen-bond acceptors (Lipinski definition) is 4. The van der Waals surface area contributed by atoms with E-state index >= 15 is 0 Å². The first-order valence-corrected chi connectivity index (χ1v) is 10.2. The minimum absolute atomic E-state index is 0.0986. The Balaban J connectivity index is 1.67. The van der Waals surface area contributed by atoms with Crippen molar-refractivity contribution in [2.75, 3.05) is 23.3 Å². The molecule has 0 aliphatic carbocycles. The number of anilines is 2. The molecule has 2 aromatic carbocycles. The first kappa shape index (κ1) is 17.7. The molecule has 1 saturated heterocycles. The lowest BCUT2D eigenvalue weighted by molar-refractivity contribution is 0.103. The van der Waals surface area contributed by atoms with E-state index in [9.17, 15) is 4.79 Å². The molecule has 1 aliphatic heterocycles. The van der Waals surface area contributed by atoms with Crippen LogP contribution < -0.4 is 10.2 Å². The molecular weight excluding hydrogens is 354 g/mol. The zero-order valence-corrected chi connectivity index (χ0v) is 16.3. The van der Waals surface area contributed by atoms with E-state index < -0.39 is 0 Å². The topological polar surface area (TPSA) is 45.2 Å². The summed E-state index contributed by atoms with van der Waals surface area (Å²) in [5, 5.41) is 3.97. The van der Waals surface area contributed by atoms with E-state index in [-0.39, 0.29) is 5.91 Å². The highest BCUT2D eigenvalue weighted by Gasteiger charge is 2.23. The van der Waals surface area contributed by atoms with Crippen LogP contribution in [0.3, 0.4) is 0 Å². The minimum Gasteiger partial charge on any atom is -0.348 e. The molecule has 0 atom stereocenters. The van der Waals surface area contributed by atoms with Crippen molar-refractivity contribution in [1.82, 2.24) is 4.98 Å². The van der Waals surface area contributed by atoms with E-state index in [0.717, 1.165) is 35.2 Å². The molecule has 0 spiro atoms. The van der Waals surface area contributed by atoms with E-state index in [2.05, 4.69) is 10.2 Å². The molecule has 4 rings (SSSR count). The molecule has 1 aliphatic rings. The number of benzene rings is 2. The number of hydrogen-bond donors (Lipinski definition) is 1. The fourth-order valence-corrected chi connectivity index (χ4v) is 4.33. The van der Waals surface area contributed by atoms with Gasteiger partial charge in [0, 0.05) is 24.3 Å². The number of rotatable bonds is 4. The van der Waals surface area contributed by atoms with Crippen LogP contribution in [-0.2, 0) is 0 Å². The van der Waals surface area contributed by atoms with Crippen LogP contribution in [0.25, 0.3) is 11.3 Å². The van der Waals surface area contributed by atoms with Crippen LogP contribution in [0.5, 0.6) is 0 Å². The highest BCUT2D eigenvalue weighted by atomic mass is 32.1. The van der Waals surface area contributed by atoms with Crippen LogP contribution >= 0.6 is 11.3 Å². The number of aromatic nitrogens is 1. The summed E-state index contributed by atoms with van der Waals surface area (Å²) in [6.45, 7) is 4.06. The van der Waals surface area contributed by atoms with Crippen molar-refractivity contribution in [3.63, 3.8) is 0 Å². The molecule has 27 heavy (non-hydrogen) atoms. The van der Waals surface area contributed by atoms with E-state index in [4.69, 9.17) is 4.98 Å². The molecule has 3 aromatic rings. The third-order valence-corrected chi connectivity index (χ3v) is 5.92. The molecule has 0 radical (unpaired) electrons. The van der Waals surface area contributed by atoms with Gasteiger partial charge in [-0.3, -0.25) is 4.79 Å². The average molecular weight is 378 g/mol. The summed E-state index contributed by atoms with van der Waals surface area (Å²) in [5.74, 6) is -0.0986. The third kappa shape index (κ3) is 4.03. The molecule has 138 valence electrons. The number of carbonyl (C=O) groups is 1. The first-order valence-electron chi connectivity index (χ1n) is 9.40. The molecule has 2 heterocycles. The summed E-state index contributed by atoms with van der Waals surface area (Å²) in [7, 11) is 0. The molecule has 4 nitrogen and oxygen atoms in total. The highest BCUT2D eigenvalue weighted by Crippen LogP contribution is 2.34. The van der Waals surface area contributed by atoms with Gasteiger partial charge in [0.1, 0.15) is 4.88 Å². The van der Waals surface area contributed by atoms with Gasteiger partial charge in [0.2, 0.25) is 0 Å². The molecule has 5 heteroatoms. The zero-order valence-electron chi connectivity index (χ0n) is 15.4. The van der Waals surface area contributed by atoms with Crippen molar-refractivity contribution in [3.05, 3.63) is 65.0 Å². The SMILES string of the molecule is Cc1ccc(NC(=O)c2sc(N3CCCCC3)nc2-c2ccccc2)cc1. The largest absolute Gasteiger partial charge is 0.348 e. The summed E-state index contributed by atoms with van der Waals surface area (Å²) in [6, 6.07) is 17.8. The van der Waals surface area contributed by atoms with Gasteiger partial charge in [-0.15, -0.1) is 0 Å². The predicted molar refractivity (Wildman–Crippen MR) is 113 cm³/mol. The molecule has 0 bridgehead atoms. The van der Waals surface area contributed by atoms with Crippen molar-refractivity contribution in [3.8, 4) is 11.3 Å². The Labute approximate surface area is 163 Å². The van der Waals surface area contributed by atoms with Gasteiger partial charge in [-0.1, -0.05) is 59.4 Å². The fraction of sp³-hybridized carbons (Fsp3) is 0.273. The van der Waals surface area contributed by atoms with Crippen molar-refractivity contribution in [2.24, 2.45) is 0 Å². The van der Waals surface area contributed by atoms with Gasteiger partial charge in [0.25, 0.3) is 5.91 Å². The molecular formula is C22H23N3OS. The second-order valence-electron chi connectivity index (χ2n) is 6.91. The molecule has 1 amide bonds. The molecule has 0 saturated carbocycles. The van der Waals surface area contributed by atoms with Gasteiger partial charge in [0.05, 0.1) is 5.69 Å². The Hall–Kier alpha value is -2.66. The zero-order chi connectivity index (χ0) is 18.6. The normalized spacial score (nSPS) is 14.2. The maximum absolute atomic E-state index is 13.0. The summed E-state index contributed by atoms with van der Waals surface area (Å²) in [6.07, 6.45) is 3.64. The van der Waals surface area contributed by atoms with Crippen molar-refractivity contribution in [2.45, 2.75) is 26.2 Å². The number of thiazole rings is 1. The number of nitrogens with one attached hydrogen (secondary N) is 1. The summed E-state index contributed by atoms with van der Waals surface area (Å²) >= 11 is 1.49. The van der Waals surface area contributed by atoms with Crippen molar-refractivity contribution in [1.29, 1.82) is 0 Å². The Kier molecular flexibility index (Phi) is 5.21. The van der Waals surface area contributed by atoms with E-state index in [1.165, 1.54) is 36.2 Å². The number of carbonyl (C=O) groups excluding carboxylic acids is 1. The first-order chi connectivity index (χ1) is 13.2. The van der Waals surface area contributed by atoms with Crippen molar-refractivity contribution < 1.29 is 4.79 Å². The highest BCUT2D eigenvalue weighted by molar-refractivity contribution is 7.18. The Morgan fingerprint density at radius 1 is 1.00 bits per heavy atom. The van der Waals surface area contributed by atoms with Crippen LogP contribution in [0.4, 0.5) is 10.8 Å². The van der Waals surface area contributed by atoms with Gasteiger partial charge in [-0.05, 0) is 38.3 Å². The summed E-state index contributed by atoms with van der Waals surface area (Å²) in [5.41, 5.74) is 3.72. The van der Waals surface area contributed by atoms with Crippen molar-refractivity contribution >= 4 is 28.1 Å². The Bertz CT molecular complexity index is 912. The van der Waals surface area contributed by atoms with Crippen LogP contribution in [-0.4, -0.2) is 24.0 Å². The number of nitrogens with zero attached hydrogens (tertiary/aromatic N) is 2. The van der Waals surface area contributed by atoms with Gasteiger partial charge in [0.15, 0.2) is 5.13 Å². The maximum Gasteiger partial charge on any atom is 0.268 e. The smallest absolute Gasteiger partial charge is 0.268 e. The van der Waals surface area contributed by atoms with E-state index in [1.807, 2.05) is 61.5 Å². The van der Waals surface area contributed by atoms with E-state index in [0.29, 0.717) is 4.88 Å². The fourth-order valence-electron chi connectivity index (χ4n) is 3.30. The van der Waals surface area contributed by atoms with Crippen LogP contribution in [0.1, 0.15) is 34.5 Å². The second kappa shape index (κ2) is 7.92. The second-order valence-corrected chi connectivity index (χ2v) is 7.89. The third-order valence-electron chi connectivity index (χ3n) is 4.81. The van der Waals surface area contributed by atoms with Gasteiger partial charge >= 0.3 is 0 Å². The number of amides is 1. The predicted octanol–water partition coefficient (Wildman–Crippen LogP) is 5.36. The lowest BCUT2D eigenvalue weighted by atomic mass is 10.1. The average Bonchev–Trinajstić information content (AvgIpc) is 3.17. The van der Waals surface area contributed by atoms with Gasteiger partial charge in [-0.2, -0.15) is 0 Å². The van der Waals surface area contributed by atoms with Crippen LogP contribution in [0.15, 0.2) is 54.6 Å². The summed E-state index contributed by atoms with van der Waals surface area (Å²) < 4.78 is 0.